The molecule has 1 aliphatic rings. The first-order valence-electron chi connectivity index (χ1n) is 12.3. The first-order chi connectivity index (χ1) is 16.5. The molecule has 1 atom stereocenters. The molecule has 0 aromatic carbocycles. The van der Waals surface area contributed by atoms with Gasteiger partial charge in [0.15, 0.2) is 0 Å². The van der Waals surface area contributed by atoms with E-state index < -0.39 is 6.09 Å². The lowest BCUT2D eigenvalue weighted by molar-refractivity contribution is 0.1000. The van der Waals surface area contributed by atoms with Crippen LogP contribution >= 0.6 is 0 Å². The van der Waals surface area contributed by atoms with Gasteiger partial charge in [-0.15, -0.1) is 0 Å². The zero-order chi connectivity index (χ0) is 25.3. The van der Waals surface area contributed by atoms with E-state index in [1.54, 1.807) is 4.90 Å². The number of rotatable bonds is 5. The SMILES string of the molecule is Cc1cc(CCc2cncc(C3=CC(C(C)(C)C)N(C(=O)O)CC3)c2)nc(-n2c(C)ccc2C)c1. The van der Waals surface area contributed by atoms with Crippen LogP contribution in [-0.2, 0) is 12.8 Å². The predicted octanol–water partition coefficient (Wildman–Crippen LogP) is 6.16. The Balaban J connectivity index is 1.55. The number of carboxylic acid groups (broad SMARTS) is 1. The van der Waals surface area contributed by atoms with Crippen LogP contribution in [0.1, 0.15) is 61.0 Å². The van der Waals surface area contributed by atoms with Crippen LogP contribution in [0.3, 0.4) is 0 Å². The van der Waals surface area contributed by atoms with Crippen molar-refractivity contribution in [3.05, 3.63) is 82.6 Å². The number of aromatic nitrogens is 3. The fourth-order valence-corrected chi connectivity index (χ4v) is 4.98. The predicted molar refractivity (Wildman–Crippen MR) is 140 cm³/mol. The molecular formula is C29H36N4O2. The number of nitrogens with zero attached hydrogens (tertiary/aromatic N) is 4. The summed E-state index contributed by atoms with van der Waals surface area (Å²) in [6, 6.07) is 10.6. The summed E-state index contributed by atoms with van der Waals surface area (Å²) in [6.07, 6.45) is 7.45. The number of hydrogen-bond acceptors (Lipinski definition) is 3. The minimum absolute atomic E-state index is 0.164. The zero-order valence-electron chi connectivity index (χ0n) is 21.7. The minimum Gasteiger partial charge on any atom is -0.465 e. The summed E-state index contributed by atoms with van der Waals surface area (Å²) >= 11 is 0. The molecule has 0 saturated carbocycles. The molecule has 0 aliphatic carbocycles. The van der Waals surface area contributed by atoms with Crippen molar-refractivity contribution in [2.75, 3.05) is 6.54 Å². The van der Waals surface area contributed by atoms with Crippen molar-refractivity contribution in [2.45, 2.75) is 66.8 Å². The van der Waals surface area contributed by atoms with Crippen molar-refractivity contribution in [3.63, 3.8) is 0 Å². The maximum atomic E-state index is 11.8. The summed E-state index contributed by atoms with van der Waals surface area (Å²) in [6.45, 7) is 13.1. The molecule has 4 heterocycles. The van der Waals surface area contributed by atoms with Crippen LogP contribution in [0.15, 0.2) is 48.8 Å². The summed E-state index contributed by atoms with van der Waals surface area (Å²) in [4.78, 5) is 22.8. The van der Waals surface area contributed by atoms with Gasteiger partial charge < -0.3 is 14.6 Å². The molecule has 35 heavy (non-hydrogen) atoms. The largest absolute Gasteiger partial charge is 0.465 e. The third kappa shape index (κ3) is 5.47. The maximum Gasteiger partial charge on any atom is 0.407 e. The molecule has 3 aromatic heterocycles. The minimum atomic E-state index is -0.859. The molecule has 184 valence electrons. The summed E-state index contributed by atoms with van der Waals surface area (Å²) in [5, 5.41) is 9.66. The highest BCUT2D eigenvalue weighted by Gasteiger charge is 2.34. The Bertz CT molecular complexity index is 1250. The molecule has 0 bridgehead atoms. The van der Waals surface area contributed by atoms with E-state index in [2.05, 4.69) is 87.5 Å². The quantitative estimate of drug-likeness (QED) is 0.483. The van der Waals surface area contributed by atoms with Crippen molar-refractivity contribution in [3.8, 4) is 5.82 Å². The highest BCUT2D eigenvalue weighted by atomic mass is 16.4. The van der Waals surface area contributed by atoms with Gasteiger partial charge in [0.1, 0.15) is 5.82 Å². The van der Waals surface area contributed by atoms with E-state index in [9.17, 15) is 9.90 Å². The monoisotopic (exact) mass is 472 g/mol. The number of pyridine rings is 2. The van der Waals surface area contributed by atoms with Crippen LogP contribution in [0.5, 0.6) is 0 Å². The van der Waals surface area contributed by atoms with Gasteiger partial charge in [-0.3, -0.25) is 4.98 Å². The Labute approximate surface area is 208 Å². The molecule has 6 nitrogen and oxygen atoms in total. The number of aryl methyl sites for hydroxylation is 5. The van der Waals surface area contributed by atoms with Crippen molar-refractivity contribution >= 4 is 11.7 Å². The number of carbonyl (C=O) groups is 1. The first-order valence-corrected chi connectivity index (χ1v) is 12.3. The van der Waals surface area contributed by atoms with Crippen LogP contribution < -0.4 is 0 Å². The van der Waals surface area contributed by atoms with E-state index in [0.29, 0.717) is 13.0 Å². The molecule has 1 N–H and O–H groups in total. The lowest BCUT2D eigenvalue weighted by atomic mass is 9.81. The van der Waals surface area contributed by atoms with Gasteiger partial charge in [-0.1, -0.05) is 26.8 Å². The Kier molecular flexibility index (Phi) is 6.84. The Morgan fingerprint density at radius 2 is 1.77 bits per heavy atom. The van der Waals surface area contributed by atoms with Gasteiger partial charge in [-0.25, -0.2) is 9.78 Å². The molecule has 0 spiro atoms. The van der Waals surface area contributed by atoms with Gasteiger partial charge in [0.2, 0.25) is 0 Å². The first kappa shape index (κ1) is 24.7. The second kappa shape index (κ2) is 9.68. The molecule has 3 aromatic rings. The van der Waals surface area contributed by atoms with Gasteiger partial charge in [0.05, 0.1) is 6.04 Å². The average Bonchev–Trinajstić information content (AvgIpc) is 3.14. The number of hydrogen-bond donors (Lipinski definition) is 1. The third-order valence-corrected chi connectivity index (χ3v) is 6.79. The van der Waals surface area contributed by atoms with Gasteiger partial charge in [0, 0.05) is 36.0 Å². The smallest absolute Gasteiger partial charge is 0.407 e. The van der Waals surface area contributed by atoms with Gasteiger partial charge in [-0.2, -0.15) is 0 Å². The number of amides is 1. The van der Waals surface area contributed by atoms with E-state index in [4.69, 9.17) is 4.98 Å². The molecule has 0 fully saturated rings. The second-order valence-electron chi connectivity index (χ2n) is 10.8. The van der Waals surface area contributed by atoms with Gasteiger partial charge in [-0.05, 0) is 98.0 Å². The topological polar surface area (TPSA) is 71.2 Å². The zero-order valence-corrected chi connectivity index (χ0v) is 21.7. The van der Waals surface area contributed by atoms with Crippen molar-refractivity contribution in [2.24, 2.45) is 5.41 Å². The van der Waals surface area contributed by atoms with Crippen LogP contribution in [-0.4, -0.2) is 43.2 Å². The van der Waals surface area contributed by atoms with Gasteiger partial charge >= 0.3 is 6.09 Å². The van der Waals surface area contributed by atoms with Crippen LogP contribution in [0.25, 0.3) is 11.4 Å². The molecule has 0 saturated heterocycles. The standard InChI is InChI=1S/C29H36N4O2/c1-19-13-25(31-27(14-19)33-20(2)7-8-21(33)3)10-9-22-15-24(18-30-17-22)23-11-12-32(28(34)35)26(16-23)29(4,5)6/h7-8,13-18,26H,9-12H2,1-6H3,(H,34,35). The molecule has 1 amide bonds. The van der Waals surface area contributed by atoms with E-state index in [-0.39, 0.29) is 11.5 Å². The summed E-state index contributed by atoms with van der Waals surface area (Å²) in [7, 11) is 0. The molecule has 1 unspecified atom stereocenters. The third-order valence-electron chi connectivity index (χ3n) is 6.79. The van der Waals surface area contributed by atoms with Gasteiger partial charge in [0.25, 0.3) is 0 Å². The Morgan fingerprint density at radius 3 is 2.43 bits per heavy atom. The van der Waals surface area contributed by atoms with E-state index >= 15 is 0 Å². The molecular weight excluding hydrogens is 436 g/mol. The lowest BCUT2D eigenvalue weighted by Crippen LogP contribution is -2.48. The fraction of sp³-hybridized carbons (Fsp3) is 0.414. The van der Waals surface area contributed by atoms with Crippen molar-refractivity contribution < 1.29 is 9.90 Å². The summed E-state index contributed by atoms with van der Waals surface area (Å²) < 4.78 is 2.19. The second-order valence-corrected chi connectivity index (χ2v) is 10.8. The maximum absolute atomic E-state index is 11.8. The fourth-order valence-electron chi connectivity index (χ4n) is 4.98. The van der Waals surface area contributed by atoms with Crippen molar-refractivity contribution in [1.82, 2.24) is 19.4 Å². The molecule has 1 aliphatic heterocycles. The molecule has 6 heteroatoms. The highest BCUT2D eigenvalue weighted by Crippen LogP contribution is 2.34. The Hall–Kier alpha value is -3.41. The summed E-state index contributed by atoms with van der Waals surface area (Å²) in [5.74, 6) is 0.968. The highest BCUT2D eigenvalue weighted by molar-refractivity contribution is 5.72. The van der Waals surface area contributed by atoms with E-state index in [1.807, 2.05) is 12.4 Å². The summed E-state index contributed by atoms with van der Waals surface area (Å²) in [5.41, 5.74) is 7.87. The van der Waals surface area contributed by atoms with Crippen LogP contribution in [0.2, 0.25) is 0 Å². The molecule has 0 radical (unpaired) electrons. The van der Waals surface area contributed by atoms with E-state index in [1.165, 1.54) is 22.5 Å². The lowest BCUT2D eigenvalue weighted by Gasteiger charge is -2.40. The van der Waals surface area contributed by atoms with Crippen LogP contribution in [0, 0.1) is 26.2 Å². The van der Waals surface area contributed by atoms with E-state index in [0.717, 1.165) is 35.5 Å². The average molecular weight is 473 g/mol. The Morgan fingerprint density at radius 1 is 1.06 bits per heavy atom. The normalized spacial score (nSPS) is 16.3. The molecule has 4 rings (SSSR count). The van der Waals surface area contributed by atoms with Crippen LogP contribution in [0.4, 0.5) is 4.79 Å². The van der Waals surface area contributed by atoms with Crippen molar-refractivity contribution in [1.29, 1.82) is 0 Å².